The molecule has 146 valence electrons. The summed E-state index contributed by atoms with van der Waals surface area (Å²) in [6, 6.07) is 9.33. The fraction of sp³-hybridized carbons (Fsp3) is 0.389. The number of hydrogen-bond donors (Lipinski definition) is 2. The predicted octanol–water partition coefficient (Wildman–Crippen LogP) is 0.320. The normalized spacial score (nSPS) is 32.9. The van der Waals surface area contributed by atoms with Crippen LogP contribution in [0.1, 0.15) is 11.8 Å². The highest BCUT2D eigenvalue weighted by atomic mass is 17.3. The lowest BCUT2D eigenvalue weighted by molar-refractivity contribution is -0.307. The first-order valence-corrected chi connectivity index (χ1v) is 8.79. The molecular weight excluding hydrogens is 368 g/mol. The smallest absolute Gasteiger partial charge is 0.223 e. The molecule has 1 unspecified atom stereocenters. The van der Waals surface area contributed by atoms with Gasteiger partial charge in [0.2, 0.25) is 6.29 Å². The minimum absolute atomic E-state index is 0.0893. The van der Waals surface area contributed by atoms with Gasteiger partial charge in [-0.05, 0) is 5.56 Å². The average molecular weight is 386 g/mol. The Morgan fingerprint density at radius 3 is 2.86 bits per heavy atom. The predicted molar refractivity (Wildman–Crippen MR) is 92.2 cm³/mol. The number of ether oxygens (including phenoxy) is 2. The van der Waals surface area contributed by atoms with Crippen molar-refractivity contribution in [3.05, 3.63) is 54.7 Å². The molecular formula is C18H18N4O6. The molecule has 2 saturated heterocycles. The monoisotopic (exact) mass is 386 g/mol. The van der Waals surface area contributed by atoms with Gasteiger partial charge in [0.15, 0.2) is 18.7 Å². The lowest BCUT2D eigenvalue weighted by atomic mass is 9.85. The molecule has 2 aliphatic rings. The van der Waals surface area contributed by atoms with Crippen molar-refractivity contribution in [2.75, 3.05) is 6.79 Å². The Bertz CT molecular complexity index is 963. The molecule has 0 aliphatic carbocycles. The first kappa shape index (κ1) is 17.6. The van der Waals surface area contributed by atoms with Gasteiger partial charge in [0.25, 0.3) is 0 Å². The summed E-state index contributed by atoms with van der Waals surface area (Å²) in [7, 11) is 0. The van der Waals surface area contributed by atoms with Crippen molar-refractivity contribution in [2.45, 2.75) is 36.7 Å². The van der Waals surface area contributed by atoms with E-state index in [1.54, 1.807) is 10.8 Å². The van der Waals surface area contributed by atoms with Crippen LogP contribution in [0.5, 0.6) is 0 Å². The third-order valence-electron chi connectivity index (χ3n) is 5.09. The van der Waals surface area contributed by atoms with Gasteiger partial charge >= 0.3 is 0 Å². The zero-order valence-corrected chi connectivity index (χ0v) is 14.7. The highest BCUT2D eigenvalue weighted by Gasteiger charge is 2.60. The minimum atomic E-state index is -1.70. The molecule has 10 nitrogen and oxygen atoms in total. The van der Waals surface area contributed by atoms with Gasteiger partial charge in [-0.15, -0.1) is 0 Å². The Balaban J connectivity index is 1.54. The number of aliphatic hydroxyl groups is 2. The van der Waals surface area contributed by atoms with Gasteiger partial charge in [0.05, 0.1) is 12.5 Å². The van der Waals surface area contributed by atoms with E-state index in [9.17, 15) is 10.2 Å². The second-order valence-corrected chi connectivity index (χ2v) is 6.80. The van der Waals surface area contributed by atoms with Crippen molar-refractivity contribution in [3.63, 3.8) is 0 Å². The molecule has 3 aromatic rings. The Kier molecular flexibility index (Phi) is 4.31. The van der Waals surface area contributed by atoms with Crippen molar-refractivity contribution in [3.8, 4) is 0 Å². The van der Waals surface area contributed by atoms with Gasteiger partial charge in [-0.25, -0.2) is 19.8 Å². The molecule has 2 aromatic heterocycles. The first-order valence-electron chi connectivity index (χ1n) is 8.79. The second-order valence-electron chi connectivity index (χ2n) is 6.80. The topological polar surface area (TPSA) is 121 Å². The number of imidazole rings is 1. The summed E-state index contributed by atoms with van der Waals surface area (Å²) < 4.78 is 13.0. The third-order valence-corrected chi connectivity index (χ3v) is 5.09. The molecule has 0 bridgehead atoms. The van der Waals surface area contributed by atoms with E-state index in [1.165, 1.54) is 12.7 Å². The molecule has 0 saturated carbocycles. The molecule has 28 heavy (non-hydrogen) atoms. The average Bonchev–Trinajstić information content (AvgIpc) is 3.43. The van der Waals surface area contributed by atoms with Gasteiger partial charge in [0, 0.05) is 6.42 Å². The summed E-state index contributed by atoms with van der Waals surface area (Å²) in [6.07, 6.45) is 0.306. The van der Waals surface area contributed by atoms with Crippen LogP contribution in [0.3, 0.4) is 0 Å². The van der Waals surface area contributed by atoms with Gasteiger partial charge in [-0.2, -0.15) is 4.89 Å². The molecule has 0 amide bonds. The SMILES string of the molecule is O[C@H]1[C@H](n2cnc3cncnc32)O[C@H](C2OCOO2)[C@]1(O)Cc1ccccc1. The fourth-order valence-corrected chi connectivity index (χ4v) is 3.73. The van der Waals surface area contributed by atoms with E-state index in [0.717, 1.165) is 5.56 Å². The van der Waals surface area contributed by atoms with Gasteiger partial charge in [-0.1, -0.05) is 30.3 Å². The first-order chi connectivity index (χ1) is 13.7. The molecule has 0 radical (unpaired) electrons. The van der Waals surface area contributed by atoms with Crippen LogP contribution in [-0.4, -0.2) is 60.6 Å². The summed E-state index contributed by atoms with van der Waals surface area (Å²) in [6.45, 7) is -0.0893. The lowest BCUT2D eigenvalue weighted by Crippen LogP contribution is -2.54. The lowest BCUT2D eigenvalue weighted by Gasteiger charge is -2.32. The van der Waals surface area contributed by atoms with Crippen molar-refractivity contribution in [1.29, 1.82) is 0 Å². The van der Waals surface area contributed by atoms with Gasteiger partial charge < -0.3 is 19.7 Å². The number of aliphatic hydroxyl groups excluding tert-OH is 1. The molecule has 4 heterocycles. The van der Waals surface area contributed by atoms with Crippen LogP contribution in [0.2, 0.25) is 0 Å². The van der Waals surface area contributed by atoms with Crippen LogP contribution >= 0.6 is 0 Å². The van der Waals surface area contributed by atoms with E-state index < -0.39 is 30.3 Å². The van der Waals surface area contributed by atoms with Gasteiger partial charge in [-0.3, -0.25) is 4.57 Å². The Hall–Kier alpha value is -2.47. The minimum Gasteiger partial charge on any atom is -0.385 e. The molecule has 0 spiro atoms. The number of hydrogen-bond acceptors (Lipinski definition) is 9. The highest BCUT2D eigenvalue weighted by molar-refractivity contribution is 5.69. The van der Waals surface area contributed by atoms with E-state index in [4.69, 9.17) is 19.2 Å². The van der Waals surface area contributed by atoms with Crippen LogP contribution in [0, 0.1) is 0 Å². The number of rotatable bonds is 4. The van der Waals surface area contributed by atoms with Crippen molar-refractivity contribution in [1.82, 2.24) is 19.5 Å². The Morgan fingerprint density at radius 2 is 2.07 bits per heavy atom. The van der Waals surface area contributed by atoms with Crippen LogP contribution in [0.4, 0.5) is 0 Å². The van der Waals surface area contributed by atoms with E-state index in [0.29, 0.717) is 11.2 Å². The summed E-state index contributed by atoms with van der Waals surface area (Å²) in [5.74, 6) is 0. The maximum atomic E-state index is 11.5. The van der Waals surface area contributed by atoms with E-state index in [1.807, 2.05) is 30.3 Å². The summed E-state index contributed by atoms with van der Waals surface area (Å²) >= 11 is 0. The molecule has 2 aliphatic heterocycles. The Labute approximate surface area is 159 Å². The molecule has 2 N–H and O–H groups in total. The quantitative estimate of drug-likeness (QED) is 0.611. The molecule has 2 fully saturated rings. The van der Waals surface area contributed by atoms with E-state index >= 15 is 0 Å². The van der Waals surface area contributed by atoms with Crippen LogP contribution in [0.15, 0.2) is 49.2 Å². The maximum Gasteiger partial charge on any atom is 0.223 e. The van der Waals surface area contributed by atoms with Crippen molar-refractivity contribution < 1.29 is 29.5 Å². The largest absolute Gasteiger partial charge is 0.385 e. The molecule has 5 atom stereocenters. The van der Waals surface area contributed by atoms with Crippen LogP contribution in [0.25, 0.3) is 11.2 Å². The number of aromatic nitrogens is 4. The van der Waals surface area contributed by atoms with Crippen molar-refractivity contribution >= 4 is 11.2 Å². The second kappa shape index (κ2) is 6.85. The van der Waals surface area contributed by atoms with Crippen molar-refractivity contribution in [2.24, 2.45) is 0 Å². The number of nitrogens with zero attached hydrogens (tertiary/aromatic N) is 4. The standard InChI is InChI=1S/C18H18N4O6/c23-13-16(22-9-21-12-7-19-8-20-15(12)22)27-14(17-25-10-26-28-17)18(13,24)6-11-4-2-1-3-5-11/h1-5,7-9,13-14,16-17,23-24H,6,10H2/t13-,14+,16+,17?,18-/m0/s1. The summed E-state index contributed by atoms with van der Waals surface area (Å²) in [4.78, 5) is 22.3. The molecule has 1 aromatic carbocycles. The maximum absolute atomic E-state index is 11.5. The fourth-order valence-electron chi connectivity index (χ4n) is 3.73. The molecule has 5 rings (SSSR count). The zero-order chi connectivity index (χ0) is 19.1. The summed E-state index contributed by atoms with van der Waals surface area (Å²) in [5.41, 5.74) is 0.153. The van der Waals surface area contributed by atoms with Crippen LogP contribution < -0.4 is 0 Å². The third kappa shape index (κ3) is 2.78. The Morgan fingerprint density at radius 1 is 1.21 bits per heavy atom. The van der Waals surface area contributed by atoms with Crippen LogP contribution in [-0.2, 0) is 25.7 Å². The molecule has 10 heteroatoms. The number of benzene rings is 1. The van der Waals surface area contributed by atoms with E-state index in [-0.39, 0.29) is 13.2 Å². The zero-order valence-electron chi connectivity index (χ0n) is 14.7. The van der Waals surface area contributed by atoms with E-state index in [2.05, 4.69) is 15.0 Å². The summed E-state index contributed by atoms with van der Waals surface area (Å²) in [5, 5.41) is 22.6. The highest BCUT2D eigenvalue weighted by Crippen LogP contribution is 2.43. The van der Waals surface area contributed by atoms with Gasteiger partial charge in [0.1, 0.15) is 29.7 Å². The number of fused-ring (bicyclic) bond motifs is 1.